The molecule has 2 aromatic rings. The van der Waals surface area contributed by atoms with E-state index >= 15 is 0 Å². The zero-order chi connectivity index (χ0) is 25.2. The molecular weight excluding hydrogens is 515 g/mol. The number of nitrogens with zero attached hydrogens (tertiary/aromatic N) is 4. The monoisotopic (exact) mass is 543 g/mol. The van der Waals surface area contributed by atoms with Crippen molar-refractivity contribution < 1.29 is 22.7 Å². The molecule has 7 nitrogen and oxygen atoms in total. The van der Waals surface area contributed by atoms with Gasteiger partial charge in [0.25, 0.3) is 0 Å². The number of amides is 1. The molecule has 0 aliphatic carbocycles. The summed E-state index contributed by atoms with van der Waals surface area (Å²) < 4.78 is 46.2. The van der Waals surface area contributed by atoms with E-state index in [2.05, 4.69) is 25.9 Å². The Kier molecular flexibility index (Phi) is 7.95. The maximum Gasteiger partial charge on any atom is 0.416 e. The van der Waals surface area contributed by atoms with Crippen molar-refractivity contribution in [1.29, 1.82) is 0 Å². The third-order valence-electron chi connectivity index (χ3n) is 5.72. The van der Waals surface area contributed by atoms with Crippen LogP contribution in [0, 0.1) is 0 Å². The summed E-state index contributed by atoms with van der Waals surface area (Å²) >= 11 is 3.32. The van der Waals surface area contributed by atoms with E-state index in [0.717, 1.165) is 12.1 Å². The van der Waals surface area contributed by atoms with Crippen LogP contribution in [0.1, 0.15) is 51.7 Å². The van der Waals surface area contributed by atoms with Crippen molar-refractivity contribution in [2.75, 3.05) is 10.6 Å². The van der Waals surface area contributed by atoms with Gasteiger partial charge in [-0.05, 0) is 80.2 Å². The van der Waals surface area contributed by atoms with Crippen molar-refractivity contribution in [3.8, 4) is 0 Å². The maximum absolute atomic E-state index is 13.4. The first-order chi connectivity index (χ1) is 15.8. The minimum atomic E-state index is -4.51. The number of rotatable bonds is 5. The van der Waals surface area contributed by atoms with Crippen LogP contribution in [0.15, 0.2) is 35.1 Å². The molecule has 0 bridgehead atoms. The number of alkyl halides is 3. The number of benzene rings is 1. The number of ether oxygens (including phenoxy) is 1. The van der Waals surface area contributed by atoms with E-state index in [0.29, 0.717) is 28.8 Å². The molecule has 2 atom stereocenters. The summed E-state index contributed by atoms with van der Waals surface area (Å²) in [7, 11) is 0. The normalized spacial score (nSPS) is 21.0. The number of anilines is 2. The van der Waals surface area contributed by atoms with E-state index in [9.17, 15) is 18.0 Å². The molecule has 1 saturated heterocycles. The third kappa shape index (κ3) is 6.31. The molecule has 0 radical (unpaired) electrons. The number of carbonyl (C=O) groups excluding carboxylic acids is 1. The number of nitrogens with two attached hydrogens (primary N) is 1. The summed E-state index contributed by atoms with van der Waals surface area (Å²) in [6, 6.07) is 3.14. The molecule has 3 rings (SSSR count). The van der Waals surface area contributed by atoms with Crippen LogP contribution in [0.5, 0.6) is 0 Å². The first-order valence-corrected chi connectivity index (χ1v) is 11.8. The van der Waals surface area contributed by atoms with E-state index in [1.54, 1.807) is 31.1 Å². The van der Waals surface area contributed by atoms with E-state index in [1.807, 2.05) is 18.7 Å². The molecule has 0 saturated carbocycles. The average molecular weight is 544 g/mol. The molecular formula is C23H29BrF3N5O2. The molecule has 186 valence electrons. The van der Waals surface area contributed by atoms with Crippen molar-refractivity contribution in [1.82, 2.24) is 14.9 Å². The second-order valence-electron chi connectivity index (χ2n) is 8.95. The highest BCUT2D eigenvalue weighted by molar-refractivity contribution is 9.10. The summed E-state index contributed by atoms with van der Waals surface area (Å²) in [5.41, 5.74) is 5.43. The highest BCUT2D eigenvalue weighted by atomic mass is 79.9. The average Bonchev–Trinajstić information content (AvgIpc) is 2.70. The summed E-state index contributed by atoms with van der Waals surface area (Å²) in [5, 5.41) is 0. The van der Waals surface area contributed by atoms with Crippen LogP contribution < -0.4 is 10.6 Å². The Labute approximate surface area is 205 Å². The van der Waals surface area contributed by atoms with Gasteiger partial charge in [-0.1, -0.05) is 0 Å². The van der Waals surface area contributed by atoms with Crippen molar-refractivity contribution >= 4 is 33.7 Å². The molecule has 1 aliphatic heterocycles. The summed E-state index contributed by atoms with van der Waals surface area (Å²) in [4.78, 5) is 25.0. The summed E-state index contributed by atoms with van der Waals surface area (Å²) in [6.07, 6.45) is -0.769. The molecule has 0 unspecified atom stereocenters. The van der Waals surface area contributed by atoms with Gasteiger partial charge in [0.15, 0.2) is 0 Å². The van der Waals surface area contributed by atoms with Gasteiger partial charge in [-0.2, -0.15) is 13.2 Å². The maximum atomic E-state index is 13.4. The number of nitrogen functional groups attached to an aromatic ring is 1. The van der Waals surface area contributed by atoms with E-state index in [4.69, 9.17) is 10.5 Å². The van der Waals surface area contributed by atoms with E-state index < -0.39 is 11.7 Å². The minimum Gasteiger partial charge on any atom is -0.447 e. The Morgan fingerprint density at radius 3 is 2.32 bits per heavy atom. The Morgan fingerprint density at radius 2 is 1.79 bits per heavy atom. The first kappa shape index (κ1) is 26.1. The van der Waals surface area contributed by atoms with Gasteiger partial charge in [0, 0.05) is 42.8 Å². The molecule has 1 aromatic carbocycles. The smallest absolute Gasteiger partial charge is 0.416 e. The second kappa shape index (κ2) is 10.4. The molecule has 1 fully saturated rings. The van der Waals surface area contributed by atoms with Gasteiger partial charge in [0.1, 0.15) is 0 Å². The van der Waals surface area contributed by atoms with Crippen LogP contribution in [0.2, 0.25) is 0 Å². The molecule has 2 N–H and O–H groups in total. The number of hydrogen-bond donors (Lipinski definition) is 1. The lowest BCUT2D eigenvalue weighted by Crippen LogP contribution is -2.55. The van der Waals surface area contributed by atoms with Gasteiger partial charge < -0.3 is 20.3 Å². The van der Waals surface area contributed by atoms with Crippen molar-refractivity contribution in [2.24, 2.45) is 0 Å². The predicted molar refractivity (Wildman–Crippen MR) is 127 cm³/mol. The molecule has 1 aromatic heterocycles. The van der Waals surface area contributed by atoms with Gasteiger partial charge in [-0.3, -0.25) is 0 Å². The predicted octanol–water partition coefficient (Wildman–Crippen LogP) is 5.63. The fraction of sp³-hybridized carbons (Fsp3) is 0.522. The Hall–Kier alpha value is -2.56. The third-order valence-corrected chi connectivity index (χ3v) is 6.13. The summed E-state index contributed by atoms with van der Waals surface area (Å²) in [5.74, 6) is 0.391. The van der Waals surface area contributed by atoms with Crippen LogP contribution in [0.4, 0.5) is 29.6 Å². The van der Waals surface area contributed by atoms with Gasteiger partial charge in [-0.25, -0.2) is 14.8 Å². The SMILES string of the molecule is CC(C)OC(=O)N1[C@H](C)CC(N(Cc2cc(N)cc(C(F)(F)F)c2)c2ncc(Br)cn2)C[C@H]1C. The van der Waals surface area contributed by atoms with Crippen LogP contribution in [0.25, 0.3) is 0 Å². The molecule has 1 amide bonds. The quantitative estimate of drug-likeness (QED) is 0.491. The lowest BCUT2D eigenvalue weighted by Gasteiger charge is -2.45. The van der Waals surface area contributed by atoms with E-state index in [1.165, 1.54) is 6.07 Å². The van der Waals surface area contributed by atoms with Gasteiger partial charge >= 0.3 is 12.3 Å². The number of carbonyl (C=O) groups is 1. The number of hydrogen-bond acceptors (Lipinski definition) is 6. The number of halogens is 4. The first-order valence-electron chi connectivity index (χ1n) is 11.0. The van der Waals surface area contributed by atoms with Crippen molar-refractivity contribution in [2.45, 2.75) is 77.5 Å². The lowest BCUT2D eigenvalue weighted by atomic mass is 9.91. The highest BCUT2D eigenvalue weighted by Crippen LogP contribution is 2.34. The number of likely N-dealkylation sites (tertiary alicyclic amines) is 1. The van der Waals surface area contributed by atoms with Crippen LogP contribution in [0.3, 0.4) is 0 Å². The molecule has 2 heterocycles. The zero-order valence-electron chi connectivity index (χ0n) is 19.5. The van der Waals surface area contributed by atoms with Crippen LogP contribution in [-0.4, -0.2) is 45.2 Å². The zero-order valence-corrected chi connectivity index (χ0v) is 21.1. The Bertz CT molecular complexity index is 991. The fourth-order valence-electron chi connectivity index (χ4n) is 4.41. The molecule has 0 spiro atoms. The van der Waals surface area contributed by atoms with Gasteiger partial charge in [0.2, 0.25) is 5.95 Å². The van der Waals surface area contributed by atoms with Gasteiger partial charge in [-0.15, -0.1) is 0 Å². The second-order valence-corrected chi connectivity index (χ2v) is 9.87. The Balaban J connectivity index is 1.92. The largest absolute Gasteiger partial charge is 0.447 e. The lowest BCUT2D eigenvalue weighted by molar-refractivity contribution is -0.137. The van der Waals surface area contributed by atoms with Crippen molar-refractivity contribution in [3.63, 3.8) is 0 Å². The molecule has 11 heteroatoms. The summed E-state index contributed by atoms with van der Waals surface area (Å²) in [6.45, 7) is 7.61. The highest BCUT2D eigenvalue weighted by Gasteiger charge is 2.38. The number of aromatic nitrogens is 2. The topological polar surface area (TPSA) is 84.6 Å². The Morgan fingerprint density at radius 1 is 1.21 bits per heavy atom. The standard InChI is InChI=1S/C23H29BrF3N5O2/c1-13(2)34-22(33)32-14(3)5-20(6-15(32)4)31(21-29-10-18(24)11-30-21)12-16-7-17(23(25,26)27)9-19(28)8-16/h7-11,13-15,20H,5-6,12,28H2,1-4H3/t14-,15-/m1/s1. The van der Waals surface area contributed by atoms with Crippen molar-refractivity contribution in [3.05, 3.63) is 46.2 Å². The fourth-order valence-corrected chi connectivity index (χ4v) is 4.61. The molecule has 1 aliphatic rings. The minimum absolute atomic E-state index is 0.0366. The number of piperidine rings is 1. The van der Waals surface area contributed by atoms with Crippen LogP contribution >= 0.6 is 15.9 Å². The van der Waals surface area contributed by atoms with Crippen LogP contribution in [-0.2, 0) is 17.5 Å². The van der Waals surface area contributed by atoms with E-state index in [-0.39, 0.29) is 42.6 Å². The van der Waals surface area contributed by atoms with Gasteiger partial charge in [0.05, 0.1) is 16.1 Å². The molecule has 34 heavy (non-hydrogen) atoms.